The van der Waals surface area contributed by atoms with Gasteiger partial charge in [-0.05, 0) is 20.3 Å². The Bertz CT molecular complexity index is 556. The van der Waals surface area contributed by atoms with Gasteiger partial charge in [-0.3, -0.25) is 0 Å². The van der Waals surface area contributed by atoms with Gasteiger partial charge in [0.15, 0.2) is 12.1 Å². The standard InChI is InChI=1S/C15H22O6/c1-8-4-5-14(18)11(2)7-20-10-9(16)13(8,14)6-15(19,21-10)12(11,3)17/h4,9-10,16-19H,5-7H2,1-3H3/t9-,10-,11+,12+,13-,14-,15+/m0/s1. The van der Waals surface area contributed by atoms with E-state index in [-0.39, 0.29) is 13.0 Å². The van der Waals surface area contributed by atoms with Crippen LogP contribution in [0.3, 0.4) is 0 Å². The van der Waals surface area contributed by atoms with Gasteiger partial charge >= 0.3 is 0 Å². The monoisotopic (exact) mass is 298 g/mol. The Hall–Kier alpha value is -0.500. The molecule has 5 rings (SSSR count). The average Bonchev–Trinajstić information content (AvgIpc) is 2.61. The van der Waals surface area contributed by atoms with E-state index in [1.165, 1.54) is 6.92 Å². The van der Waals surface area contributed by atoms with Crippen LogP contribution in [0.5, 0.6) is 0 Å². The van der Waals surface area contributed by atoms with Crippen LogP contribution in [0.4, 0.5) is 0 Å². The number of aliphatic hydroxyl groups is 4. The van der Waals surface area contributed by atoms with Crippen LogP contribution in [-0.4, -0.2) is 56.4 Å². The molecule has 0 amide bonds. The molecule has 21 heavy (non-hydrogen) atoms. The first-order valence-electron chi connectivity index (χ1n) is 7.38. The Morgan fingerprint density at radius 3 is 2.57 bits per heavy atom. The van der Waals surface area contributed by atoms with Gasteiger partial charge in [0.1, 0.15) is 11.7 Å². The summed E-state index contributed by atoms with van der Waals surface area (Å²) in [6, 6.07) is 0. The molecule has 5 aliphatic rings. The molecule has 3 heterocycles. The first-order chi connectivity index (χ1) is 9.56. The molecule has 0 unspecified atom stereocenters. The van der Waals surface area contributed by atoms with Gasteiger partial charge in [0.05, 0.1) is 23.0 Å². The second-order valence-electron chi connectivity index (χ2n) is 7.53. The highest BCUT2D eigenvalue weighted by Crippen LogP contribution is 2.72. The number of ether oxygens (including phenoxy) is 2. The maximum Gasteiger partial charge on any atom is 0.199 e. The van der Waals surface area contributed by atoms with Crippen molar-refractivity contribution in [3.63, 3.8) is 0 Å². The van der Waals surface area contributed by atoms with Crippen LogP contribution < -0.4 is 0 Å². The minimum absolute atomic E-state index is 0.00338. The van der Waals surface area contributed by atoms with Crippen LogP contribution >= 0.6 is 0 Å². The molecule has 1 saturated carbocycles. The maximum atomic E-state index is 11.5. The minimum Gasteiger partial charge on any atom is -0.388 e. The topological polar surface area (TPSA) is 99.4 Å². The van der Waals surface area contributed by atoms with E-state index in [0.717, 1.165) is 5.57 Å². The summed E-state index contributed by atoms with van der Waals surface area (Å²) in [7, 11) is 0. The molecular weight excluding hydrogens is 276 g/mol. The van der Waals surface area contributed by atoms with Gasteiger partial charge in [-0.15, -0.1) is 0 Å². The van der Waals surface area contributed by atoms with E-state index in [9.17, 15) is 20.4 Å². The fourth-order valence-electron chi connectivity index (χ4n) is 5.24. The number of aliphatic hydroxyl groups excluding tert-OH is 1. The number of fused-ring (bicyclic) bond motifs is 1. The van der Waals surface area contributed by atoms with E-state index in [1.54, 1.807) is 6.92 Å². The predicted octanol–water partition coefficient (Wildman–Crippen LogP) is -0.349. The van der Waals surface area contributed by atoms with Gasteiger partial charge in [-0.2, -0.15) is 0 Å². The van der Waals surface area contributed by atoms with Crippen molar-refractivity contribution in [1.82, 2.24) is 0 Å². The predicted molar refractivity (Wildman–Crippen MR) is 70.9 cm³/mol. The van der Waals surface area contributed by atoms with Gasteiger partial charge in [0.25, 0.3) is 0 Å². The lowest BCUT2D eigenvalue weighted by Gasteiger charge is -2.68. The van der Waals surface area contributed by atoms with Gasteiger partial charge in [0.2, 0.25) is 0 Å². The summed E-state index contributed by atoms with van der Waals surface area (Å²) in [6.07, 6.45) is 0.000648. The lowest BCUT2D eigenvalue weighted by Crippen LogP contribution is -2.82. The smallest absolute Gasteiger partial charge is 0.199 e. The molecule has 3 aliphatic heterocycles. The fraction of sp³-hybridized carbons (Fsp3) is 0.867. The van der Waals surface area contributed by atoms with E-state index >= 15 is 0 Å². The van der Waals surface area contributed by atoms with E-state index in [2.05, 4.69) is 0 Å². The third-order valence-electron chi connectivity index (χ3n) is 7.02. The van der Waals surface area contributed by atoms with Crippen LogP contribution in [-0.2, 0) is 9.47 Å². The summed E-state index contributed by atoms with van der Waals surface area (Å²) in [4.78, 5) is 0. The van der Waals surface area contributed by atoms with Crippen molar-refractivity contribution >= 4 is 0 Å². The molecule has 4 N–H and O–H groups in total. The summed E-state index contributed by atoms with van der Waals surface area (Å²) >= 11 is 0. The largest absolute Gasteiger partial charge is 0.388 e. The van der Waals surface area contributed by atoms with E-state index < -0.39 is 40.2 Å². The van der Waals surface area contributed by atoms with Crippen molar-refractivity contribution in [3.05, 3.63) is 11.6 Å². The normalized spacial score (nSPS) is 65.2. The van der Waals surface area contributed by atoms with Crippen molar-refractivity contribution in [3.8, 4) is 0 Å². The molecule has 3 saturated heterocycles. The molecule has 0 aromatic heterocycles. The van der Waals surface area contributed by atoms with Crippen LogP contribution in [0.25, 0.3) is 0 Å². The average molecular weight is 298 g/mol. The summed E-state index contributed by atoms with van der Waals surface area (Å²) in [5, 5.41) is 44.3. The lowest BCUT2D eigenvalue weighted by atomic mass is 9.43. The van der Waals surface area contributed by atoms with Gasteiger partial charge in [-0.25, -0.2) is 0 Å². The van der Waals surface area contributed by atoms with Crippen molar-refractivity contribution < 1.29 is 29.9 Å². The molecule has 0 aromatic rings. The zero-order chi connectivity index (χ0) is 15.5. The molecule has 6 nitrogen and oxygen atoms in total. The highest BCUT2D eigenvalue weighted by Gasteiger charge is 2.84. The highest BCUT2D eigenvalue weighted by atomic mass is 16.8. The third-order valence-corrected chi connectivity index (χ3v) is 7.02. The molecule has 0 radical (unpaired) electrons. The molecule has 1 spiro atoms. The summed E-state index contributed by atoms with van der Waals surface area (Å²) in [5.74, 6) is -1.87. The van der Waals surface area contributed by atoms with Crippen molar-refractivity contribution in [2.24, 2.45) is 10.8 Å². The second kappa shape index (κ2) is 3.37. The Kier molecular flexibility index (Phi) is 2.27. The number of hydrogen-bond donors (Lipinski definition) is 4. The molecule has 118 valence electrons. The van der Waals surface area contributed by atoms with Gasteiger partial charge in [0, 0.05) is 6.42 Å². The van der Waals surface area contributed by atoms with Crippen LogP contribution in [0.1, 0.15) is 33.6 Å². The number of rotatable bonds is 0. The Morgan fingerprint density at radius 1 is 1.24 bits per heavy atom. The van der Waals surface area contributed by atoms with Crippen molar-refractivity contribution in [1.29, 1.82) is 0 Å². The number of hydrogen-bond acceptors (Lipinski definition) is 6. The quantitative estimate of drug-likeness (QED) is 0.456. The first-order valence-corrected chi connectivity index (χ1v) is 7.38. The van der Waals surface area contributed by atoms with Gasteiger partial charge < -0.3 is 29.9 Å². The summed E-state index contributed by atoms with van der Waals surface area (Å²) in [5.41, 5.74) is -4.51. The molecule has 7 atom stereocenters. The zero-order valence-electron chi connectivity index (χ0n) is 12.5. The molecule has 6 heteroatoms. The fourth-order valence-corrected chi connectivity index (χ4v) is 5.24. The highest BCUT2D eigenvalue weighted by molar-refractivity contribution is 5.40. The van der Waals surface area contributed by atoms with Crippen LogP contribution in [0.15, 0.2) is 11.6 Å². The summed E-state index contributed by atoms with van der Waals surface area (Å²) in [6.45, 7) is 5.02. The Morgan fingerprint density at radius 2 is 1.90 bits per heavy atom. The van der Waals surface area contributed by atoms with Crippen LogP contribution in [0, 0.1) is 10.8 Å². The minimum atomic E-state index is -1.87. The van der Waals surface area contributed by atoms with E-state index in [0.29, 0.717) is 6.42 Å². The van der Waals surface area contributed by atoms with E-state index in [4.69, 9.17) is 9.47 Å². The molecule has 2 aliphatic carbocycles. The SMILES string of the molecule is CC1=CC[C@]2(O)[C@]3(C)CO[C@H]4O[C@](O)(C[C@@]12[C@H]4O)[C@]3(C)O. The molecule has 4 bridgehead atoms. The zero-order valence-corrected chi connectivity index (χ0v) is 12.5. The van der Waals surface area contributed by atoms with Crippen LogP contribution in [0.2, 0.25) is 0 Å². The molecule has 0 aromatic carbocycles. The Labute approximate surface area is 123 Å². The maximum absolute atomic E-state index is 11.5. The Balaban J connectivity index is 2.07. The third kappa shape index (κ3) is 1.08. The van der Waals surface area contributed by atoms with E-state index in [1.807, 2.05) is 13.0 Å². The second-order valence-corrected chi connectivity index (χ2v) is 7.53. The van der Waals surface area contributed by atoms with Gasteiger partial charge in [-0.1, -0.05) is 18.6 Å². The molecule has 4 fully saturated rings. The summed E-state index contributed by atoms with van der Waals surface area (Å²) < 4.78 is 11.1. The lowest BCUT2D eigenvalue weighted by molar-refractivity contribution is -0.440. The van der Waals surface area contributed by atoms with Crippen molar-refractivity contribution in [2.75, 3.05) is 6.61 Å². The van der Waals surface area contributed by atoms with Crippen molar-refractivity contribution in [2.45, 2.75) is 63.0 Å². The molecular formula is C15H22O6. The first kappa shape index (κ1) is 14.1.